The zero-order valence-corrected chi connectivity index (χ0v) is 14.0. The van der Waals surface area contributed by atoms with Crippen LogP contribution in [-0.4, -0.2) is 38.4 Å². The first-order valence-corrected chi connectivity index (χ1v) is 7.21. The van der Waals surface area contributed by atoms with Crippen molar-refractivity contribution in [1.82, 2.24) is 5.32 Å². The van der Waals surface area contributed by atoms with Gasteiger partial charge in [0.2, 0.25) is 5.91 Å². The SMILES string of the molecule is COc1ccc(OC(F)F)c(CNC(=O)C2(N)CCOCC2)c1.Cl. The second-order valence-electron chi connectivity index (χ2n) is 5.30. The number of rotatable bonds is 6. The van der Waals surface area contributed by atoms with Crippen LogP contribution in [0.2, 0.25) is 0 Å². The molecule has 0 radical (unpaired) electrons. The molecule has 1 fully saturated rings. The van der Waals surface area contributed by atoms with Crippen LogP contribution in [0.1, 0.15) is 18.4 Å². The van der Waals surface area contributed by atoms with E-state index in [1.807, 2.05) is 0 Å². The smallest absolute Gasteiger partial charge is 0.387 e. The fourth-order valence-corrected chi connectivity index (χ4v) is 2.35. The van der Waals surface area contributed by atoms with Gasteiger partial charge in [-0.2, -0.15) is 8.78 Å². The van der Waals surface area contributed by atoms with E-state index in [2.05, 4.69) is 10.1 Å². The largest absolute Gasteiger partial charge is 0.497 e. The van der Waals surface area contributed by atoms with Crippen LogP contribution in [0.5, 0.6) is 11.5 Å². The number of nitrogens with one attached hydrogen (secondary N) is 1. The van der Waals surface area contributed by atoms with Gasteiger partial charge in [-0.1, -0.05) is 0 Å². The van der Waals surface area contributed by atoms with Crippen LogP contribution in [0.4, 0.5) is 8.78 Å². The maximum absolute atomic E-state index is 12.5. The highest BCUT2D eigenvalue weighted by Gasteiger charge is 2.35. The molecular formula is C15H21ClF2N2O4. The number of carbonyl (C=O) groups excluding carboxylic acids is 1. The lowest BCUT2D eigenvalue weighted by Crippen LogP contribution is -2.56. The van der Waals surface area contributed by atoms with Gasteiger partial charge in [-0.3, -0.25) is 4.79 Å². The van der Waals surface area contributed by atoms with Gasteiger partial charge in [0.05, 0.1) is 12.6 Å². The molecule has 1 aromatic rings. The lowest BCUT2D eigenvalue weighted by Gasteiger charge is -2.31. The molecule has 1 aliphatic rings. The Labute approximate surface area is 145 Å². The first-order valence-electron chi connectivity index (χ1n) is 7.21. The van der Waals surface area contributed by atoms with Gasteiger partial charge >= 0.3 is 6.61 Å². The van der Waals surface area contributed by atoms with E-state index in [0.717, 1.165) is 0 Å². The number of halogens is 3. The van der Waals surface area contributed by atoms with Crippen molar-refractivity contribution in [1.29, 1.82) is 0 Å². The monoisotopic (exact) mass is 366 g/mol. The van der Waals surface area contributed by atoms with Gasteiger partial charge in [-0.25, -0.2) is 0 Å². The topological polar surface area (TPSA) is 82.8 Å². The molecule has 6 nitrogen and oxygen atoms in total. The minimum absolute atomic E-state index is 0. The second kappa shape index (κ2) is 9.00. The van der Waals surface area contributed by atoms with Crippen molar-refractivity contribution in [3.05, 3.63) is 23.8 Å². The summed E-state index contributed by atoms with van der Waals surface area (Å²) in [6.07, 6.45) is 0.828. The molecule has 0 aliphatic carbocycles. The highest BCUT2D eigenvalue weighted by molar-refractivity contribution is 5.86. The highest BCUT2D eigenvalue weighted by atomic mass is 35.5. The minimum atomic E-state index is -2.95. The molecule has 1 aliphatic heterocycles. The van der Waals surface area contributed by atoms with Crippen molar-refractivity contribution in [2.45, 2.75) is 31.5 Å². The van der Waals surface area contributed by atoms with Gasteiger partial charge < -0.3 is 25.3 Å². The molecule has 1 aromatic carbocycles. The summed E-state index contributed by atoms with van der Waals surface area (Å²) in [5.41, 5.74) is 5.46. The minimum Gasteiger partial charge on any atom is -0.497 e. The zero-order valence-electron chi connectivity index (χ0n) is 13.2. The molecule has 0 spiro atoms. The van der Waals surface area contributed by atoms with Crippen LogP contribution in [0.3, 0.4) is 0 Å². The predicted molar refractivity (Wildman–Crippen MR) is 85.7 cm³/mol. The Morgan fingerprint density at radius 3 is 2.67 bits per heavy atom. The summed E-state index contributed by atoms with van der Waals surface area (Å²) in [5, 5.41) is 2.67. The third kappa shape index (κ3) is 5.19. The molecule has 1 amide bonds. The van der Waals surface area contributed by atoms with Gasteiger partial charge in [0.1, 0.15) is 11.5 Å². The van der Waals surface area contributed by atoms with Gasteiger partial charge in [0, 0.05) is 25.3 Å². The highest BCUT2D eigenvalue weighted by Crippen LogP contribution is 2.26. The van der Waals surface area contributed by atoms with Crippen LogP contribution in [0, 0.1) is 0 Å². The van der Waals surface area contributed by atoms with Crippen LogP contribution in [0.15, 0.2) is 18.2 Å². The van der Waals surface area contributed by atoms with Crippen molar-refractivity contribution in [3.63, 3.8) is 0 Å². The molecule has 0 bridgehead atoms. The number of ether oxygens (including phenoxy) is 3. The fraction of sp³-hybridized carbons (Fsp3) is 0.533. The first kappa shape index (κ1) is 20.4. The average molecular weight is 367 g/mol. The van der Waals surface area contributed by atoms with Crippen molar-refractivity contribution >= 4 is 18.3 Å². The molecule has 24 heavy (non-hydrogen) atoms. The van der Waals surface area contributed by atoms with E-state index >= 15 is 0 Å². The fourth-order valence-electron chi connectivity index (χ4n) is 2.35. The van der Waals surface area contributed by atoms with E-state index in [9.17, 15) is 13.6 Å². The molecule has 0 aromatic heterocycles. The average Bonchev–Trinajstić information content (AvgIpc) is 2.53. The van der Waals surface area contributed by atoms with E-state index in [4.69, 9.17) is 15.2 Å². The molecule has 136 valence electrons. The van der Waals surface area contributed by atoms with Gasteiger partial charge in [0.25, 0.3) is 0 Å². The van der Waals surface area contributed by atoms with E-state index in [-0.39, 0.29) is 30.6 Å². The molecule has 3 N–H and O–H groups in total. The number of alkyl halides is 2. The Morgan fingerprint density at radius 1 is 1.42 bits per heavy atom. The lowest BCUT2D eigenvalue weighted by atomic mass is 9.90. The van der Waals surface area contributed by atoms with E-state index in [0.29, 0.717) is 37.4 Å². The molecule has 0 atom stereocenters. The number of carbonyl (C=O) groups is 1. The Bertz CT molecular complexity index is 554. The number of hydrogen-bond donors (Lipinski definition) is 2. The summed E-state index contributed by atoms with van der Waals surface area (Å²) in [6, 6.07) is 4.41. The van der Waals surface area contributed by atoms with Crippen molar-refractivity contribution in [2.75, 3.05) is 20.3 Å². The van der Waals surface area contributed by atoms with Crippen molar-refractivity contribution < 1.29 is 27.8 Å². The molecule has 2 rings (SSSR count). The van der Waals surface area contributed by atoms with Crippen molar-refractivity contribution in [2.24, 2.45) is 5.73 Å². The normalized spacial score (nSPS) is 16.2. The number of nitrogens with two attached hydrogens (primary N) is 1. The van der Waals surface area contributed by atoms with Gasteiger partial charge in [-0.05, 0) is 31.0 Å². The molecule has 0 saturated carbocycles. The Morgan fingerprint density at radius 2 is 2.08 bits per heavy atom. The molecule has 9 heteroatoms. The standard InChI is InChI=1S/C15H20F2N2O4.ClH/c1-21-11-2-3-12(23-14(16)17)10(8-11)9-19-13(20)15(18)4-6-22-7-5-15;/h2-3,8,14H,4-7,9,18H2,1H3,(H,19,20);1H. The number of benzene rings is 1. The third-order valence-corrected chi connectivity index (χ3v) is 3.76. The quantitative estimate of drug-likeness (QED) is 0.802. The van der Waals surface area contributed by atoms with Crippen LogP contribution in [0.25, 0.3) is 0 Å². The van der Waals surface area contributed by atoms with Crippen LogP contribution >= 0.6 is 12.4 Å². The number of amides is 1. The summed E-state index contributed by atoms with van der Waals surface area (Å²) in [6.45, 7) is -2.10. The Balaban J connectivity index is 0.00000288. The summed E-state index contributed by atoms with van der Waals surface area (Å²) in [4.78, 5) is 12.3. The number of hydrogen-bond acceptors (Lipinski definition) is 5. The summed E-state index contributed by atoms with van der Waals surface area (Å²) < 4.78 is 39.6. The summed E-state index contributed by atoms with van der Waals surface area (Å²) in [5.74, 6) is 0.121. The molecule has 0 unspecified atom stereocenters. The van der Waals surface area contributed by atoms with Gasteiger partial charge in [-0.15, -0.1) is 12.4 Å². The first-order chi connectivity index (χ1) is 10.9. The third-order valence-electron chi connectivity index (χ3n) is 3.76. The molecular weight excluding hydrogens is 346 g/mol. The maximum atomic E-state index is 12.5. The molecule has 1 heterocycles. The van der Waals surface area contributed by atoms with E-state index in [1.165, 1.54) is 25.3 Å². The Kier molecular flexibility index (Phi) is 7.65. The predicted octanol–water partition coefficient (Wildman–Crippen LogP) is 1.84. The summed E-state index contributed by atoms with van der Waals surface area (Å²) >= 11 is 0. The second-order valence-corrected chi connectivity index (χ2v) is 5.30. The van der Waals surface area contributed by atoms with E-state index in [1.54, 1.807) is 0 Å². The van der Waals surface area contributed by atoms with Crippen molar-refractivity contribution in [3.8, 4) is 11.5 Å². The summed E-state index contributed by atoms with van der Waals surface area (Å²) in [7, 11) is 1.46. The maximum Gasteiger partial charge on any atom is 0.387 e. The van der Waals surface area contributed by atoms with Crippen LogP contribution < -0.4 is 20.5 Å². The Hall–Kier alpha value is -1.64. The van der Waals surface area contributed by atoms with Gasteiger partial charge in [0.15, 0.2) is 0 Å². The van der Waals surface area contributed by atoms with Crippen LogP contribution in [-0.2, 0) is 16.1 Å². The lowest BCUT2D eigenvalue weighted by molar-refractivity contribution is -0.129. The zero-order chi connectivity index (χ0) is 16.9. The number of methoxy groups -OCH3 is 1. The molecule has 1 saturated heterocycles. The van der Waals surface area contributed by atoms with E-state index < -0.39 is 12.2 Å².